The number of carbonyl (C=O) groups excluding carboxylic acids is 1. The molecular weight excluding hydrogens is 390 g/mol. The maximum Gasteiger partial charge on any atom is 0.227 e. The number of hydrogen-bond donors (Lipinski definition) is 2. The lowest BCUT2D eigenvalue weighted by molar-refractivity contribution is -0.138. The van der Waals surface area contributed by atoms with Crippen molar-refractivity contribution in [1.29, 1.82) is 0 Å². The number of carbonyl (C=O) groups is 1. The quantitative estimate of drug-likeness (QED) is 0.745. The van der Waals surface area contributed by atoms with E-state index in [4.69, 9.17) is 4.98 Å². The molecule has 7 heteroatoms. The van der Waals surface area contributed by atoms with E-state index in [-0.39, 0.29) is 18.4 Å². The van der Waals surface area contributed by atoms with Crippen LogP contribution in [0.4, 0.5) is 11.6 Å². The highest BCUT2D eigenvalue weighted by Gasteiger charge is 2.37. The summed E-state index contributed by atoms with van der Waals surface area (Å²) in [4.78, 5) is 28.7. The van der Waals surface area contributed by atoms with Crippen LogP contribution in [0, 0.1) is 20.8 Å². The van der Waals surface area contributed by atoms with Gasteiger partial charge in [-0.3, -0.25) is 9.78 Å². The minimum Gasteiger partial charge on any atom is -0.389 e. The Morgan fingerprint density at radius 3 is 2.42 bits per heavy atom. The largest absolute Gasteiger partial charge is 0.389 e. The summed E-state index contributed by atoms with van der Waals surface area (Å²) < 4.78 is 0. The SMILES string of the molecule is Cc1cc(Nc2nc(C)cc(C)n2)cc([C@H]2CCCN2C(=O)CC2(O)CCCCC2)n1. The molecule has 7 nitrogen and oxygen atoms in total. The third-order valence-corrected chi connectivity index (χ3v) is 6.39. The van der Waals surface area contributed by atoms with E-state index in [1.54, 1.807) is 0 Å². The highest BCUT2D eigenvalue weighted by molar-refractivity contribution is 5.78. The number of pyridine rings is 1. The number of aryl methyl sites for hydroxylation is 3. The molecule has 0 bridgehead atoms. The molecule has 0 unspecified atom stereocenters. The molecule has 1 aliphatic heterocycles. The number of aliphatic hydroxyl groups is 1. The Morgan fingerprint density at radius 2 is 1.71 bits per heavy atom. The molecule has 3 heterocycles. The van der Waals surface area contributed by atoms with Gasteiger partial charge < -0.3 is 15.3 Å². The normalized spacial score (nSPS) is 20.6. The molecule has 1 amide bonds. The van der Waals surface area contributed by atoms with Crippen LogP contribution in [0.15, 0.2) is 18.2 Å². The van der Waals surface area contributed by atoms with E-state index in [0.717, 1.165) is 80.0 Å². The zero-order valence-corrected chi connectivity index (χ0v) is 18.8. The number of hydrogen-bond acceptors (Lipinski definition) is 6. The van der Waals surface area contributed by atoms with E-state index in [1.807, 2.05) is 43.9 Å². The van der Waals surface area contributed by atoms with E-state index < -0.39 is 5.60 Å². The topological polar surface area (TPSA) is 91.2 Å². The van der Waals surface area contributed by atoms with Crippen LogP contribution >= 0.6 is 0 Å². The Bertz CT molecular complexity index is 935. The van der Waals surface area contributed by atoms with Gasteiger partial charge in [0.2, 0.25) is 11.9 Å². The predicted octanol–water partition coefficient (Wildman–Crippen LogP) is 4.29. The molecule has 2 aromatic heterocycles. The van der Waals surface area contributed by atoms with E-state index in [9.17, 15) is 9.90 Å². The number of rotatable bonds is 5. The Hall–Kier alpha value is -2.54. The molecule has 2 aromatic rings. The third kappa shape index (κ3) is 5.21. The molecule has 31 heavy (non-hydrogen) atoms. The number of nitrogens with zero attached hydrogens (tertiary/aromatic N) is 4. The van der Waals surface area contributed by atoms with E-state index in [2.05, 4.69) is 15.3 Å². The van der Waals surface area contributed by atoms with Gasteiger partial charge in [-0.1, -0.05) is 19.3 Å². The molecule has 1 saturated carbocycles. The first-order valence-corrected chi connectivity index (χ1v) is 11.4. The van der Waals surface area contributed by atoms with Gasteiger partial charge in [0.15, 0.2) is 0 Å². The number of likely N-dealkylation sites (tertiary alicyclic amines) is 1. The summed E-state index contributed by atoms with van der Waals surface area (Å²) in [5, 5.41) is 14.2. The molecule has 166 valence electrons. The van der Waals surface area contributed by atoms with Crippen molar-refractivity contribution < 1.29 is 9.90 Å². The Kier molecular flexibility index (Phi) is 6.23. The molecule has 1 aliphatic carbocycles. The smallest absolute Gasteiger partial charge is 0.227 e. The van der Waals surface area contributed by atoms with E-state index >= 15 is 0 Å². The Morgan fingerprint density at radius 1 is 1.03 bits per heavy atom. The molecule has 0 aromatic carbocycles. The molecule has 2 aliphatic rings. The summed E-state index contributed by atoms with van der Waals surface area (Å²) in [6.45, 7) is 6.58. The van der Waals surface area contributed by atoms with Crippen molar-refractivity contribution in [3.63, 3.8) is 0 Å². The van der Waals surface area contributed by atoms with Crippen molar-refractivity contribution in [2.45, 2.75) is 83.8 Å². The molecule has 2 fully saturated rings. The lowest BCUT2D eigenvalue weighted by Crippen LogP contribution is -2.40. The number of anilines is 2. The summed E-state index contributed by atoms with van der Waals surface area (Å²) in [6.07, 6.45) is 6.67. The minimum absolute atomic E-state index is 0.0438. The fourth-order valence-corrected chi connectivity index (χ4v) is 4.99. The molecule has 1 atom stereocenters. The standard InChI is InChI=1S/C24H33N5O2/c1-16-12-17(2)27-23(26-16)28-19-13-18(3)25-20(14-19)21-8-7-11-29(21)22(30)15-24(31)9-5-4-6-10-24/h12-14,21,31H,4-11,15H2,1-3H3,(H,25,26,27,28)/t21-/m1/s1. The van der Waals surface area contributed by atoms with Crippen molar-refractivity contribution >= 4 is 17.5 Å². The lowest BCUT2D eigenvalue weighted by atomic mass is 9.82. The molecule has 1 saturated heterocycles. The van der Waals surface area contributed by atoms with Gasteiger partial charge in [-0.05, 0) is 64.7 Å². The maximum atomic E-state index is 13.1. The number of amides is 1. The Balaban J connectivity index is 1.53. The van der Waals surface area contributed by atoms with Crippen LogP contribution in [0.2, 0.25) is 0 Å². The Labute approximate surface area is 184 Å². The first-order chi connectivity index (χ1) is 14.8. The third-order valence-electron chi connectivity index (χ3n) is 6.39. The second kappa shape index (κ2) is 8.91. The van der Waals surface area contributed by atoms with Gasteiger partial charge in [-0.15, -0.1) is 0 Å². The van der Waals surface area contributed by atoms with Crippen LogP contribution in [0.1, 0.15) is 80.2 Å². The van der Waals surface area contributed by atoms with Crippen molar-refractivity contribution in [2.75, 3.05) is 11.9 Å². The fraction of sp³-hybridized carbons (Fsp3) is 0.583. The first-order valence-electron chi connectivity index (χ1n) is 11.4. The number of aromatic nitrogens is 3. The highest BCUT2D eigenvalue weighted by Crippen LogP contribution is 2.36. The van der Waals surface area contributed by atoms with Gasteiger partial charge in [0, 0.05) is 29.3 Å². The van der Waals surface area contributed by atoms with Crippen molar-refractivity contribution in [3.05, 3.63) is 41.0 Å². The zero-order valence-electron chi connectivity index (χ0n) is 18.8. The zero-order chi connectivity index (χ0) is 22.0. The fourth-order valence-electron chi connectivity index (χ4n) is 4.99. The van der Waals surface area contributed by atoms with Crippen molar-refractivity contribution in [1.82, 2.24) is 19.9 Å². The minimum atomic E-state index is -0.838. The maximum absolute atomic E-state index is 13.1. The summed E-state index contributed by atoms with van der Waals surface area (Å²) in [5.74, 6) is 0.607. The summed E-state index contributed by atoms with van der Waals surface area (Å²) in [5.41, 5.74) is 3.62. The average molecular weight is 424 g/mol. The highest BCUT2D eigenvalue weighted by atomic mass is 16.3. The van der Waals surface area contributed by atoms with E-state index in [0.29, 0.717) is 5.95 Å². The van der Waals surface area contributed by atoms with Gasteiger partial charge in [-0.25, -0.2) is 9.97 Å². The summed E-state index contributed by atoms with van der Waals surface area (Å²) in [6, 6.07) is 5.85. The van der Waals surface area contributed by atoms with Crippen LogP contribution in [0.3, 0.4) is 0 Å². The van der Waals surface area contributed by atoms with Gasteiger partial charge in [0.05, 0.1) is 23.8 Å². The first kappa shape index (κ1) is 21.7. The lowest BCUT2D eigenvalue weighted by Gasteiger charge is -2.34. The predicted molar refractivity (Wildman–Crippen MR) is 120 cm³/mol. The molecule has 4 rings (SSSR count). The van der Waals surface area contributed by atoms with Crippen molar-refractivity contribution in [3.8, 4) is 0 Å². The number of nitrogens with one attached hydrogen (secondary N) is 1. The van der Waals surface area contributed by atoms with E-state index in [1.165, 1.54) is 0 Å². The van der Waals surface area contributed by atoms with Crippen LogP contribution in [-0.2, 0) is 4.79 Å². The summed E-state index contributed by atoms with van der Waals surface area (Å²) >= 11 is 0. The van der Waals surface area contributed by atoms with Gasteiger partial charge >= 0.3 is 0 Å². The molecular formula is C24H33N5O2. The van der Waals surface area contributed by atoms with Crippen LogP contribution in [-0.4, -0.2) is 43.0 Å². The van der Waals surface area contributed by atoms with Crippen molar-refractivity contribution in [2.24, 2.45) is 0 Å². The second-order valence-electron chi connectivity index (χ2n) is 9.23. The van der Waals surface area contributed by atoms with Gasteiger partial charge in [0.25, 0.3) is 0 Å². The molecule has 0 radical (unpaired) electrons. The van der Waals surface area contributed by atoms with Crippen LogP contribution in [0.5, 0.6) is 0 Å². The molecule has 0 spiro atoms. The second-order valence-corrected chi connectivity index (χ2v) is 9.23. The monoisotopic (exact) mass is 423 g/mol. The molecule has 2 N–H and O–H groups in total. The van der Waals surface area contributed by atoms with Gasteiger partial charge in [-0.2, -0.15) is 0 Å². The average Bonchev–Trinajstić information content (AvgIpc) is 3.17. The van der Waals surface area contributed by atoms with Gasteiger partial charge in [0.1, 0.15) is 0 Å². The van der Waals surface area contributed by atoms with Crippen LogP contribution in [0.25, 0.3) is 0 Å². The van der Waals surface area contributed by atoms with Crippen LogP contribution < -0.4 is 5.32 Å². The summed E-state index contributed by atoms with van der Waals surface area (Å²) in [7, 11) is 0.